The number of methoxy groups -OCH3 is 1. The topological polar surface area (TPSA) is 73.9 Å². The Labute approximate surface area is 158 Å². The van der Waals surface area contributed by atoms with Crippen molar-refractivity contribution in [3.05, 3.63) is 42.3 Å². The monoisotopic (exact) mass is 392 g/mol. The van der Waals surface area contributed by atoms with Gasteiger partial charge in [0.25, 0.3) is 0 Å². The van der Waals surface area contributed by atoms with E-state index in [1.165, 1.54) is 11.8 Å². The second-order valence-electron chi connectivity index (χ2n) is 5.11. The number of rotatable bonds is 8. The molecule has 0 aliphatic heterocycles. The van der Waals surface area contributed by atoms with E-state index in [2.05, 4.69) is 26.9 Å². The van der Waals surface area contributed by atoms with Gasteiger partial charge >= 0.3 is 0 Å². The lowest BCUT2D eigenvalue weighted by Gasteiger charge is -1.99. The van der Waals surface area contributed by atoms with Crippen LogP contribution in [0.2, 0.25) is 0 Å². The van der Waals surface area contributed by atoms with Crippen LogP contribution in [0.1, 0.15) is 12.8 Å². The molecule has 0 atom stereocenters. The standard InChI is InChI=1S/C16H16N4O2S3/c1-10(2)8-23-15-18-19-16(25-15)24-9-13-17-14(20-22-13)11-5-4-6-12(7-11)21-3/h4-7H,1,8-9H2,2-3H3. The van der Waals surface area contributed by atoms with Crippen LogP contribution in [0, 0.1) is 0 Å². The molecule has 2 heterocycles. The van der Waals surface area contributed by atoms with Crippen LogP contribution in [0.3, 0.4) is 0 Å². The molecule has 9 heteroatoms. The van der Waals surface area contributed by atoms with E-state index in [4.69, 9.17) is 9.26 Å². The second kappa shape index (κ2) is 8.50. The van der Waals surface area contributed by atoms with Crippen LogP contribution < -0.4 is 4.74 Å². The number of hydrogen-bond donors (Lipinski definition) is 0. The summed E-state index contributed by atoms with van der Waals surface area (Å²) in [5, 5.41) is 12.4. The number of hydrogen-bond acceptors (Lipinski definition) is 9. The highest BCUT2D eigenvalue weighted by molar-refractivity contribution is 8.03. The highest BCUT2D eigenvalue weighted by Gasteiger charge is 2.12. The summed E-state index contributed by atoms with van der Waals surface area (Å²) in [4.78, 5) is 4.42. The Morgan fingerprint density at radius 3 is 2.84 bits per heavy atom. The normalized spacial score (nSPS) is 10.8. The van der Waals surface area contributed by atoms with Gasteiger partial charge in [-0.15, -0.1) is 10.2 Å². The molecule has 2 aromatic heterocycles. The zero-order valence-electron chi connectivity index (χ0n) is 13.8. The number of ether oxygens (including phenoxy) is 1. The minimum Gasteiger partial charge on any atom is -0.497 e. The van der Waals surface area contributed by atoms with Crippen molar-refractivity contribution < 1.29 is 9.26 Å². The summed E-state index contributed by atoms with van der Waals surface area (Å²) >= 11 is 4.74. The molecule has 130 valence electrons. The molecule has 1 aromatic carbocycles. The van der Waals surface area contributed by atoms with Gasteiger partial charge in [0.1, 0.15) is 5.75 Å². The van der Waals surface area contributed by atoms with Crippen LogP contribution >= 0.6 is 34.9 Å². The van der Waals surface area contributed by atoms with Crippen LogP contribution in [0.25, 0.3) is 11.4 Å². The van der Waals surface area contributed by atoms with Crippen LogP contribution in [-0.4, -0.2) is 33.2 Å². The number of nitrogens with zero attached hydrogens (tertiary/aromatic N) is 4. The quantitative estimate of drug-likeness (QED) is 0.408. The molecule has 6 nitrogen and oxygen atoms in total. The van der Waals surface area contributed by atoms with Crippen molar-refractivity contribution in [2.45, 2.75) is 21.4 Å². The van der Waals surface area contributed by atoms with Gasteiger partial charge in [0.15, 0.2) is 8.68 Å². The third-order valence-corrected chi connectivity index (χ3v) is 6.35. The van der Waals surface area contributed by atoms with Crippen LogP contribution in [0.4, 0.5) is 0 Å². The van der Waals surface area contributed by atoms with E-state index in [1.807, 2.05) is 31.2 Å². The Bertz CT molecular complexity index is 862. The summed E-state index contributed by atoms with van der Waals surface area (Å²) in [5.74, 6) is 3.26. The van der Waals surface area contributed by atoms with Crippen molar-refractivity contribution in [1.29, 1.82) is 0 Å². The fourth-order valence-electron chi connectivity index (χ4n) is 1.82. The largest absolute Gasteiger partial charge is 0.497 e. The Balaban J connectivity index is 1.59. The molecule has 3 rings (SSSR count). The summed E-state index contributed by atoms with van der Waals surface area (Å²) in [6.07, 6.45) is 0. The molecule has 0 fully saturated rings. The van der Waals surface area contributed by atoms with E-state index in [-0.39, 0.29) is 0 Å². The molecule has 25 heavy (non-hydrogen) atoms. The SMILES string of the molecule is C=C(C)CSc1nnc(SCc2nc(-c3cccc(OC)c3)no2)s1. The third-order valence-electron chi connectivity index (χ3n) is 2.95. The number of aromatic nitrogens is 4. The van der Waals surface area contributed by atoms with Crippen molar-refractivity contribution in [2.75, 3.05) is 12.9 Å². The van der Waals surface area contributed by atoms with Crippen LogP contribution in [0.15, 0.2) is 49.6 Å². The predicted octanol–water partition coefficient (Wildman–Crippen LogP) is 4.56. The highest BCUT2D eigenvalue weighted by Crippen LogP contribution is 2.31. The Morgan fingerprint density at radius 2 is 2.08 bits per heavy atom. The summed E-state index contributed by atoms with van der Waals surface area (Å²) in [5.41, 5.74) is 1.97. The van der Waals surface area contributed by atoms with E-state index in [0.717, 1.165) is 31.3 Å². The highest BCUT2D eigenvalue weighted by atomic mass is 32.2. The van der Waals surface area contributed by atoms with E-state index < -0.39 is 0 Å². The summed E-state index contributed by atoms with van der Waals surface area (Å²) < 4.78 is 12.3. The van der Waals surface area contributed by atoms with Crippen molar-refractivity contribution >= 4 is 34.9 Å². The van der Waals surface area contributed by atoms with Crippen molar-refractivity contribution in [1.82, 2.24) is 20.3 Å². The first-order valence-electron chi connectivity index (χ1n) is 7.34. The lowest BCUT2D eigenvalue weighted by molar-refractivity contribution is 0.391. The maximum atomic E-state index is 5.32. The smallest absolute Gasteiger partial charge is 0.237 e. The first-order chi connectivity index (χ1) is 12.1. The first kappa shape index (κ1) is 18.0. The average molecular weight is 393 g/mol. The van der Waals surface area contributed by atoms with Gasteiger partial charge < -0.3 is 9.26 Å². The molecule has 0 radical (unpaired) electrons. The molecule has 0 aliphatic rings. The number of thioether (sulfide) groups is 2. The van der Waals surface area contributed by atoms with Gasteiger partial charge in [0, 0.05) is 11.3 Å². The Kier molecular flexibility index (Phi) is 6.11. The lowest BCUT2D eigenvalue weighted by atomic mass is 10.2. The molecule has 0 aliphatic carbocycles. The Hall–Kier alpha value is -1.84. The summed E-state index contributed by atoms with van der Waals surface area (Å²) in [6.45, 7) is 5.89. The van der Waals surface area contributed by atoms with E-state index >= 15 is 0 Å². The summed E-state index contributed by atoms with van der Waals surface area (Å²) in [7, 11) is 1.63. The molecule has 3 aromatic rings. The minimum atomic E-state index is 0.546. The zero-order chi connectivity index (χ0) is 17.6. The van der Waals surface area contributed by atoms with Crippen LogP contribution in [0.5, 0.6) is 5.75 Å². The van der Waals surface area contributed by atoms with E-state index in [9.17, 15) is 0 Å². The van der Waals surface area contributed by atoms with E-state index in [0.29, 0.717) is 17.5 Å². The first-order valence-corrected chi connectivity index (χ1v) is 10.1. The van der Waals surface area contributed by atoms with Gasteiger partial charge in [0.05, 0.1) is 12.9 Å². The minimum absolute atomic E-state index is 0.546. The van der Waals surface area contributed by atoms with Crippen molar-refractivity contribution in [2.24, 2.45) is 0 Å². The van der Waals surface area contributed by atoms with Crippen LogP contribution in [-0.2, 0) is 5.75 Å². The molecule has 0 N–H and O–H groups in total. The van der Waals surface area contributed by atoms with Gasteiger partial charge in [-0.25, -0.2) is 0 Å². The number of benzene rings is 1. The van der Waals surface area contributed by atoms with Crippen molar-refractivity contribution in [3.8, 4) is 17.1 Å². The summed E-state index contributed by atoms with van der Waals surface area (Å²) in [6, 6.07) is 7.56. The molecule has 0 saturated heterocycles. The van der Waals surface area contributed by atoms with Gasteiger partial charge in [-0.1, -0.05) is 64.3 Å². The molecule has 0 spiro atoms. The molecule has 0 saturated carbocycles. The molecular formula is C16H16N4O2S3. The van der Waals surface area contributed by atoms with Gasteiger partial charge in [-0.2, -0.15) is 4.98 Å². The van der Waals surface area contributed by atoms with Gasteiger partial charge in [0.2, 0.25) is 11.7 Å². The second-order valence-corrected chi connectivity index (χ2v) is 8.53. The average Bonchev–Trinajstić information content (AvgIpc) is 3.27. The predicted molar refractivity (Wildman–Crippen MR) is 101 cm³/mol. The van der Waals surface area contributed by atoms with Gasteiger partial charge in [-0.05, 0) is 19.1 Å². The fraction of sp³-hybridized carbons (Fsp3) is 0.250. The van der Waals surface area contributed by atoms with Crippen molar-refractivity contribution in [3.63, 3.8) is 0 Å². The van der Waals surface area contributed by atoms with Gasteiger partial charge in [-0.3, -0.25) is 0 Å². The third kappa shape index (κ3) is 5.07. The maximum Gasteiger partial charge on any atom is 0.237 e. The Morgan fingerprint density at radius 1 is 1.28 bits per heavy atom. The van der Waals surface area contributed by atoms with E-state index in [1.54, 1.807) is 30.2 Å². The fourth-order valence-corrected chi connectivity index (χ4v) is 4.52. The zero-order valence-corrected chi connectivity index (χ0v) is 16.2. The molecular weight excluding hydrogens is 376 g/mol. The molecule has 0 unspecified atom stereocenters. The molecule has 0 bridgehead atoms. The molecule has 0 amide bonds. The maximum absolute atomic E-state index is 5.32. The lowest BCUT2D eigenvalue weighted by Crippen LogP contribution is -1.85.